The Hall–Kier alpha value is -1.63. The van der Waals surface area contributed by atoms with Crippen molar-refractivity contribution in [1.82, 2.24) is 5.32 Å². The molecule has 0 bridgehead atoms. The summed E-state index contributed by atoms with van der Waals surface area (Å²) in [6, 6.07) is 9.68. The van der Waals surface area contributed by atoms with E-state index in [0.29, 0.717) is 6.61 Å². The smallest absolute Gasteiger partial charge is 0.404 e. The van der Waals surface area contributed by atoms with Crippen LogP contribution in [0.5, 0.6) is 0 Å². The molecule has 0 saturated heterocycles. The van der Waals surface area contributed by atoms with E-state index >= 15 is 0 Å². The fraction of sp³-hybridized carbons (Fsp3) is 0.462. The first-order chi connectivity index (χ1) is 9.22. The maximum absolute atomic E-state index is 10.2. The van der Waals surface area contributed by atoms with Crippen LogP contribution in [0.2, 0.25) is 0 Å². The van der Waals surface area contributed by atoms with Crippen molar-refractivity contribution in [2.45, 2.75) is 12.7 Å². The van der Waals surface area contributed by atoms with Gasteiger partial charge in [0, 0.05) is 6.54 Å². The molecule has 1 atom stereocenters. The van der Waals surface area contributed by atoms with E-state index in [1.807, 2.05) is 30.3 Å². The van der Waals surface area contributed by atoms with Gasteiger partial charge in [0.15, 0.2) is 0 Å². The van der Waals surface area contributed by atoms with Gasteiger partial charge in [-0.05, 0) is 5.56 Å². The zero-order valence-corrected chi connectivity index (χ0v) is 10.6. The fourth-order valence-electron chi connectivity index (χ4n) is 1.42. The van der Waals surface area contributed by atoms with Gasteiger partial charge in [0.2, 0.25) is 0 Å². The number of aliphatic hydroxyl groups excluding tert-OH is 1. The maximum Gasteiger partial charge on any atom is 0.404 e. The minimum Gasteiger partial charge on any atom is -0.465 e. The second-order valence-corrected chi connectivity index (χ2v) is 3.91. The highest BCUT2D eigenvalue weighted by molar-refractivity contribution is 5.64. The van der Waals surface area contributed by atoms with Crippen LogP contribution in [0.3, 0.4) is 0 Å². The van der Waals surface area contributed by atoms with Crippen LogP contribution in [0, 0.1) is 0 Å². The average Bonchev–Trinajstić information content (AvgIpc) is 2.42. The van der Waals surface area contributed by atoms with Crippen LogP contribution in [0.4, 0.5) is 4.79 Å². The number of amides is 1. The molecule has 0 fully saturated rings. The number of ether oxygens (including phenoxy) is 2. The first-order valence-electron chi connectivity index (χ1n) is 6.03. The average molecular weight is 269 g/mol. The van der Waals surface area contributed by atoms with Crippen molar-refractivity contribution in [3.63, 3.8) is 0 Å². The SMILES string of the molecule is O=C(O)NCCOC(CO)COCc1ccccc1. The Morgan fingerprint density at radius 2 is 2.05 bits per heavy atom. The minimum absolute atomic E-state index is 0.165. The third kappa shape index (κ3) is 7.40. The molecule has 0 saturated carbocycles. The third-order valence-corrected chi connectivity index (χ3v) is 2.35. The lowest BCUT2D eigenvalue weighted by molar-refractivity contribution is -0.0449. The van der Waals surface area contributed by atoms with E-state index in [1.54, 1.807) is 0 Å². The molecule has 0 heterocycles. The number of rotatable bonds is 9. The van der Waals surface area contributed by atoms with E-state index in [4.69, 9.17) is 19.7 Å². The lowest BCUT2D eigenvalue weighted by atomic mass is 10.2. The first-order valence-corrected chi connectivity index (χ1v) is 6.03. The van der Waals surface area contributed by atoms with Gasteiger partial charge in [0.1, 0.15) is 6.10 Å². The van der Waals surface area contributed by atoms with E-state index in [2.05, 4.69) is 5.32 Å². The minimum atomic E-state index is -1.09. The monoisotopic (exact) mass is 269 g/mol. The number of aliphatic hydroxyl groups is 1. The molecule has 1 amide bonds. The van der Waals surface area contributed by atoms with Crippen LogP contribution in [0.25, 0.3) is 0 Å². The van der Waals surface area contributed by atoms with Crippen molar-refractivity contribution >= 4 is 6.09 Å². The van der Waals surface area contributed by atoms with Crippen LogP contribution < -0.4 is 5.32 Å². The summed E-state index contributed by atoms with van der Waals surface area (Å²) in [6.07, 6.45) is -1.54. The van der Waals surface area contributed by atoms with Gasteiger partial charge in [-0.3, -0.25) is 0 Å². The summed E-state index contributed by atoms with van der Waals surface area (Å²) >= 11 is 0. The molecule has 6 heteroatoms. The molecule has 1 rings (SSSR count). The van der Waals surface area contributed by atoms with Gasteiger partial charge in [0.05, 0.1) is 26.4 Å². The standard InChI is InChI=1S/C13H19NO5/c15-8-12(19-7-6-14-13(16)17)10-18-9-11-4-2-1-3-5-11/h1-5,12,14-15H,6-10H2,(H,16,17). The third-order valence-electron chi connectivity index (χ3n) is 2.35. The van der Waals surface area contributed by atoms with E-state index in [-0.39, 0.29) is 26.4 Å². The van der Waals surface area contributed by atoms with Gasteiger partial charge in [-0.2, -0.15) is 0 Å². The molecule has 1 aromatic rings. The molecule has 6 nitrogen and oxygen atoms in total. The van der Waals surface area contributed by atoms with Crippen molar-refractivity contribution in [1.29, 1.82) is 0 Å². The van der Waals surface area contributed by atoms with Gasteiger partial charge in [-0.1, -0.05) is 30.3 Å². The molecular weight excluding hydrogens is 250 g/mol. The van der Waals surface area contributed by atoms with Crippen molar-refractivity contribution in [2.75, 3.05) is 26.4 Å². The molecule has 1 aromatic carbocycles. The van der Waals surface area contributed by atoms with E-state index in [1.165, 1.54) is 0 Å². The highest BCUT2D eigenvalue weighted by Gasteiger charge is 2.08. The van der Waals surface area contributed by atoms with Crippen molar-refractivity contribution in [3.05, 3.63) is 35.9 Å². The van der Waals surface area contributed by atoms with Gasteiger partial charge in [-0.25, -0.2) is 4.79 Å². The van der Waals surface area contributed by atoms with Gasteiger partial charge >= 0.3 is 6.09 Å². The largest absolute Gasteiger partial charge is 0.465 e. The number of nitrogens with one attached hydrogen (secondary N) is 1. The summed E-state index contributed by atoms with van der Waals surface area (Å²) in [7, 11) is 0. The molecule has 0 spiro atoms. The quantitative estimate of drug-likeness (QED) is 0.578. The summed E-state index contributed by atoms with van der Waals surface area (Å²) in [5, 5.41) is 19.6. The van der Waals surface area contributed by atoms with Gasteiger partial charge < -0.3 is 25.0 Å². The Morgan fingerprint density at radius 1 is 1.32 bits per heavy atom. The molecule has 0 aliphatic heterocycles. The Labute approximate surface area is 112 Å². The predicted molar refractivity (Wildman–Crippen MR) is 69.0 cm³/mol. The Balaban J connectivity index is 2.13. The molecule has 1 unspecified atom stereocenters. The molecule has 0 aliphatic rings. The van der Waals surface area contributed by atoms with Gasteiger partial charge in [0.25, 0.3) is 0 Å². The summed E-state index contributed by atoms with van der Waals surface area (Å²) in [5.74, 6) is 0. The Bertz CT molecular complexity index is 357. The molecule has 0 radical (unpaired) electrons. The van der Waals surface area contributed by atoms with Crippen molar-refractivity contribution in [3.8, 4) is 0 Å². The molecule has 0 aliphatic carbocycles. The van der Waals surface area contributed by atoms with E-state index in [9.17, 15) is 4.79 Å². The van der Waals surface area contributed by atoms with Crippen LogP contribution >= 0.6 is 0 Å². The Morgan fingerprint density at radius 3 is 2.68 bits per heavy atom. The number of hydrogen-bond acceptors (Lipinski definition) is 4. The van der Waals surface area contributed by atoms with Crippen LogP contribution in [-0.4, -0.2) is 48.8 Å². The number of carbonyl (C=O) groups is 1. The molecule has 3 N–H and O–H groups in total. The Kier molecular flexibility index (Phi) is 7.57. The summed E-state index contributed by atoms with van der Waals surface area (Å²) in [6.45, 7) is 0.936. The summed E-state index contributed by atoms with van der Waals surface area (Å²) in [5.41, 5.74) is 1.05. The molecule has 0 aromatic heterocycles. The highest BCUT2D eigenvalue weighted by Crippen LogP contribution is 2.02. The van der Waals surface area contributed by atoms with E-state index in [0.717, 1.165) is 5.56 Å². The topological polar surface area (TPSA) is 88.0 Å². The molecule has 19 heavy (non-hydrogen) atoms. The lowest BCUT2D eigenvalue weighted by Gasteiger charge is -2.15. The summed E-state index contributed by atoms with van der Waals surface area (Å²) in [4.78, 5) is 10.2. The van der Waals surface area contributed by atoms with Crippen LogP contribution in [0.15, 0.2) is 30.3 Å². The number of carboxylic acid groups (broad SMARTS) is 1. The lowest BCUT2D eigenvalue weighted by Crippen LogP contribution is -2.30. The molecular formula is C13H19NO5. The summed E-state index contributed by atoms with van der Waals surface area (Å²) < 4.78 is 10.7. The normalized spacial score (nSPS) is 12.1. The number of benzene rings is 1. The molecule has 106 valence electrons. The second kappa shape index (κ2) is 9.32. The second-order valence-electron chi connectivity index (χ2n) is 3.91. The predicted octanol–water partition coefficient (Wildman–Crippen LogP) is 0.848. The van der Waals surface area contributed by atoms with Crippen LogP contribution in [0.1, 0.15) is 5.56 Å². The maximum atomic E-state index is 10.2. The first kappa shape index (κ1) is 15.4. The highest BCUT2D eigenvalue weighted by atomic mass is 16.5. The van der Waals surface area contributed by atoms with E-state index < -0.39 is 12.2 Å². The van der Waals surface area contributed by atoms with Crippen molar-refractivity contribution < 1.29 is 24.5 Å². The number of hydrogen-bond donors (Lipinski definition) is 3. The zero-order chi connectivity index (χ0) is 13.9. The zero-order valence-electron chi connectivity index (χ0n) is 10.6. The van der Waals surface area contributed by atoms with Crippen molar-refractivity contribution in [2.24, 2.45) is 0 Å². The van der Waals surface area contributed by atoms with Gasteiger partial charge in [-0.15, -0.1) is 0 Å². The fourth-order valence-corrected chi connectivity index (χ4v) is 1.42. The van der Waals surface area contributed by atoms with Crippen LogP contribution in [-0.2, 0) is 16.1 Å².